The Morgan fingerprint density at radius 3 is 2.67 bits per heavy atom. The van der Waals surface area contributed by atoms with Crippen LogP contribution in [0.3, 0.4) is 0 Å². The third kappa shape index (κ3) is 2.88. The topological polar surface area (TPSA) is 85.2 Å². The Morgan fingerprint density at radius 1 is 1.17 bits per heavy atom. The molecule has 24 heavy (non-hydrogen) atoms. The molecule has 0 saturated heterocycles. The molecular formula is C19H18N2O3. The van der Waals surface area contributed by atoms with Gasteiger partial charge in [0.25, 0.3) is 0 Å². The third-order valence-electron chi connectivity index (χ3n) is 4.02. The molecule has 1 atom stereocenters. The molecule has 0 aliphatic carbocycles. The van der Waals surface area contributed by atoms with Crippen molar-refractivity contribution in [3.8, 4) is 0 Å². The lowest BCUT2D eigenvalue weighted by atomic mass is 10.1. The minimum atomic E-state index is -0.890. The van der Waals surface area contributed by atoms with E-state index in [1.807, 2.05) is 31.2 Å². The number of para-hydroxylation sites is 1. The van der Waals surface area contributed by atoms with Gasteiger partial charge in [-0.2, -0.15) is 0 Å². The van der Waals surface area contributed by atoms with Crippen LogP contribution in [0, 0.1) is 6.92 Å². The molecule has 0 aliphatic rings. The Morgan fingerprint density at radius 2 is 1.92 bits per heavy atom. The molecule has 5 heteroatoms. The smallest absolute Gasteiger partial charge is 0.338 e. The average Bonchev–Trinajstić information content (AvgIpc) is 3.00. The predicted molar refractivity (Wildman–Crippen MR) is 93.1 cm³/mol. The van der Waals surface area contributed by atoms with Gasteiger partial charge in [0.2, 0.25) is 5.78 Å². The second-order valence-corrected chi connectivity index (χ2v) is 5.73. The lowest BCUT2D eigenvalue weighted by Gasteiger charge is -2.12. The van der Waals surface area contributed by atoms with Crippen molar-refractivity contribution in [2.75, 3.05) is 5.73 Å². The van der Waals surface area contributed by atoms with Crippen LogP contribution in [0.5, 0.6) is 0 Å². The number of hydrogen-bond acceptors (Lipinski definition) is 4. The normalized spacial score (nSPS) is 12.1. The number of nitrogen functional groups attached to an aromatic ring is 1. The SMILES string of the molecule is Cc1ccc(C(=O)OC(C)C(=O)c2c[nH]c3ccccc23)cc1N. The molecule has 3 aromatic rings. The summed E-state index contributed by atoms with van der Waals surface area (Å²) in [4.78, 5) is 27.8. The number of aromatic amines is 1. The Labute approximate surface area is 139 Å². The summed E-state index contributed by atoms with van der Waals surface area (Å²) < 4.78 is 5.31. The van der Waals surface area contributed by atoms with Crippen LogP contribution in [0.2, 0.25) is 0 Å². The van der Waals surface area contributed by atoms with Gasteiger partial charge >= 0.3 is 5.97 Å². The van der Waals surface area contributed by atoms with Gasteiger partial charge in [-0.15, -0.1) is 0 Å². The molecule has 2 aromatic carbocycles. The molecule has 5 nitrogen and oxygen atoms in total. The van der Waals surface area contributed by atoms with Gasteiger partial charge in [-0.3, -0.25) is 4.79 Å². The van der Waals surface area contributed by atoms with Crippen LogP contribution >= 0.6 is 0 Å². The van der Waals surface area contributed by atoms with Gasteiger partial charge in [0.1, 0.15) is 0 Å². The number of rotatable bonds is 4. The standard InChI is InChI=1S/C19H18N2O3/c1-11-7-8-13(9-16(11)20)19(23)24-12(2)18(22)15-10-21-17-6-4-3-5-14(15)17/h3-10,12,21H,20H2,1-2H3. The number of nitrogens with two attached hydrogens (primary N) is 1. The molecule has 0 bridgehead atoms. The summed E-state index contributed by atoms with van der Waals surface area (Å²) in [5.74, 6) is -0.816. The Kier molecular flexibility index (Phi) is 4.08. The summed E-state index contributed by atoms with van der Waals surface area (Å²) >= 11 is 0. The zero-order valence-electron chi connectivity index (χ0n) is 13.5. The number of ether oxygens (including phenoxy) is 1. The number of ketones is 1. The molecule has 0 radical (unpaired) electrons. The molecular weight excluding hydrogens is 304 g/mol. The molecule has 0 saturated carbocycles. The molecule has 1 heterocycles. The molecule has 1 aromatic heterocycles. The van der Waals surface area contributed by atoms with E-state index in [1.165, 1.54) is 0 Å². The van der Waals surface area contributed by atoms with E-state index in [2.05, 4.69) is 4.98 Å². The van der Waals surface area contributed by atoms with Crippen LogP contribution in [0.15, 0.2) is 48.7 Å². The van der Waals surface area contributed by atoms with E-state index >= 15 is 0 Å². The predicted octanol–water partition coefficient (Wildman–Crippen LogP) is 3.49. The summed E-state index contributed by atoms with van der Waals surface area (Å²) in [6, 6.07) is 12.4. The highest BCUT2D eigenvalue weighted by atomic mass is 16.5. The van der Waals surface area contributed by atoms with Crippen molar-refractivity contribution < 1.29 is 14.3 Å². The minimum Gasteiger partial charge on any atom is -0.451 e. The van der Waals surface area contributed by atoms with E-state index in [0.717, 1.165) is 16.5 Å². The maximum Gasteiger partial charge on any atom is 0.338 e. The average molecular weight is 322 g/mol. The van der Waals surface area contributed by atoms with E-state index in [9.17, 15) is 9.59 Å². The molecule has 0 amide bonds. The fourth-order valence-electron chi connectivity index (χ4n) is 2.54. The maximum atomic E-state index is 12.6. The van der Waals surface area contributed by atoms with Crippen LogP contribution in [-0.4, -0.2) is 22.8 Å². The number of nitrogens with one attached hydrogen (secondary N) is 1. The summed E-state index contributed by atoms with van der Waals surface area (Å²) in [7, 11) is 0. The van der Waals surface area contributed by atoms with E-state index in [0.29, 0.717) is 16.8 Å². The first-order chi connectivity index (χ1) is 11.5. The van der Waals surface area contributed by atoms with E-state index < -0.39 is 12.1 Å². The van der Waals surface area contributed by atoms with E-state index in [-0.39, 0.29) is 5.78 Å². The Bertz CT molecular complexity index is 927. The second kappa shape index (κ2) is 6.20. The van der Waals surface area contributed by atoms with Gasteiger partial charge in [-0.05, 0) is 37.6 Å². The number of hydrogen-bond donors (Lipinski definition) is 2. The van der Waals surface area contributed by atoms with Crippen LogP contribution in [0.4, 0.5) is 5.69 Å². The zero-order valence-corrected chi connectivity index (χ0v) is 13.5. The van der Waals surface area contributed by atoms with Crippen molar-refractivity contribution in [2.24, 2.45) is 0 Å². The third-order valence-corrected chi connectivity index (χ3v) is 4.02. The van der Waals surface area contributed by atoms with Crippen molar-refractivity contribution in [3.05, 3.63) is 65.4 Å². The summed E-state index contributed by atoms with van der Waals surface area (Å²) in [6.45, 7) is 3.42. The summed E-state index contributed by atoms with van der Waals surface area (Å²) in [5, 5.41) is 0.810. The number of anilines is 1. The number of Topliss-reactive ketones (excluding diaryl/α,β-unsaturated/α-hetero) is 1. The number of aromatic nitrogens is 1. The first-order valence-corrected chi connectivity index (χ1v) is 7.65. The van der Waals surface area contributed by atoms with Crippen LogP contribution in [-0.2, 0) is 4.74 Å². The molecule has 122 valence electrons. The van der Waals surface area contributed by atoms with Crippen molar-refractivity contribution in [3.63, 3.8) is 0 Å². The Balaban J connectivity index is 1.78. The number of carbonyl (C=O) groups excluding carboxylic acids is 2. The largest absolute Gasteiger partial charge is 0.451 e. The summed E-state index contributed by atoms with van der Waals surface area (Å²) in [6.07, 6.45) is 0.750. The van der Waals surface area contributed by atoms with Gasteiger partial charge < -0.3 is 15.5 Å². The monoisotopic (exact) mass is 322 g/mol. The van der Waals surface area contributed by atoms with Gasteiger partial charge in [0.15, 0.2) is 6.10 Å². The molecule has 3 rings (SSSR count). The highest BCUT2D eigenvalue weighted by Gasteiger charge is 2.23. The van der Waals surface area contributed by atoms with Crippen molar-refractivity contribution in [2.45, 2.75) is 20.0 Å². The number of esters is 1. The number of carbonyl (C=O) groups is 2. The Hall–Kier alpha value is -3.08. The van der Waals surface area contributed by atoms with Crippen molar-refractivity contribution in [1.82, 2.24) is 4.98 Å². The van der Waals surface area contributed by atoms with Crippen LogP contribution in [0.25, 0.3) is 10.9 Å². The molecule has 0 aliphatic heterocycles. The van der Waals surface area contributed by atoms with Crippen molar-refractivity contribution >= 4 is 28.3 Å². The lowest BCUT2D eigenvalue weighted by molar-refractivity contribution is 0.0319. The second-order valence-electron chi connectivity index (χ2n) is 5.73. The van der Waals surface area contributed by atoms with Crippen LogP contribution in [0.1, 0.15) is 33.2 Å². The number of H-pyrrole nitrogens is 1. The van der Waals surface area contributed by atoms with E-state index in [4.69, 9.17) is 10.5 Å². The number of aryl methyl sites for hydroxylation is 1. The number of benzene rings is 2. The molecule has 3 N–H and O–H groups in total. The first kappa shape index (κ1) is 15.8. The highest BCUT2D eigenvalue weighted by Crippen LogP contribution is 2.21. The van der Waals surface area contributed by atoms with Gasteiger partial charge in [0, 0.05) is 28.4 Å². The fourth-order valence-corrected chi connectivity index (χ4v) is 2.54. The first-order valence-electron chi connectivity index (χ1n) is 7.65. The number of fused-ring (bicyclic) bond motifs is 1. The van der Waals surface area contributed by atoms with Crippen LogP contribution < -0.4 is 5.73 Å². The zero-order chi connectivity index (χ0) is 17.3. The molecule has 0 spiro atoms. The van der Waals surface area contributed by atoms with Crippen molar-refractivity contribution in [1.29, 1.82) is 0 Å². The molecule has 1 unspecified atom stereocenters. The minimum absolute atomic E-state index is 0.249. The van der Waals surface area contributed by atoms with Gasteiger partial charge in [0.05, 0.1) is 5.56 Å². The maximum absolute atomic E-state index is 12.6. The van der Waals surface area contributed by atoms with E-state index in [1.54, 1.807) is 31.3 Å². The quantitative estimate of drug-likeness (QED) is 0.437. The van der Waals surface area contributed by atoms with Gasteiger partial charge in [-0.1, -0.05) is 24.3 Å². The van der Waals surface area contributed by atoms with Gasteiger partial charge in [-0.25, -0.2) is 4.79 Å². The molecule has 0 fully saturated rings. The lowest BCUT2D eigenvalue weighted by Crippen LogP contribution is -2.24. The summed E-state index contributed by atoms with van der Waals surface area (Å²) in [5.41, 5.74) is 8.91. The highest BCUT2D eigenvalue weighted by molar-refractivity contribution is 6.10. The fraction of sp³-hybridized carbons (Fsp3) is 0.158.